The number of anilines is 1. The van der Waals surface area contributed by atoms with Gasteiger partial charge >= 0.3 is 5.63 Å². The molecule has 0 aliphatic carbocycles. The van der Waals surface area contributed by atoms with Crippen molar-refractivity contribution >= 4 is 44.7 Å². The molecule has 26 heavy (non-hydrogen) atoms. The molecule has 0 saturated heterocycles. The zero-order valence-electron chi connectivity index (χ0n) is 14.2. The van der Waals surface area contributed by atoms with Crippen molar-refractivity contribution in [2.45, 2.75) is 0 Å². The average molecular weight is 414 g/mol. The van der Waals surface area contributed by atoms with E-state index < -0.39 is 11.5 Å². The van der Waals surface area contributed by atoms with Gasteiger partial charge in [-0.2, -0.15) is 5.10 Å². The number of nitrogens with one attached hydrogen (secondary N) is 1. The molecule has 7 heteroatoms. The Balaban J connectivity index is 1.76. The second kappa shape index (κ2) is 7.53. The van der Waals surface area contributed by atoms with Gasteiger partial charge in [0.1, 0.15) is 11.1 Å². The Kier molecular flexibility index (Phi) is 5.18. The van der Waals surface area contributed by atoms with E-state index in [1.165, 1.54) is 12.3 Å². The fourth-order valence-corrected chi connectivity index (χ4v) is 2.72. The van der Waals surface area contributed by atoms with Gasteiger partial charge in [0.25, 0.3) is 5.91 Å². The predicted octanol–water partition coefficient (Wildman–Crippen LogP) is 3.39. The number of amides is 1. The largest absolute Gasteiger partial charge is 0.422 e. The first-order chi connectivity index (χ1) is 12.4. The van der Waals surface area contributed by atoms with Crippen LogP contribution in [0.25, 0.3) is 11.0 Å². The molecule has 1 aromatic heterocycles. The van der Waals surface area contributed by atoms with Crippen LogP contribution in [0.5, 0.6) is 0 Å². The molecule has 3 aromatic rings. The minimum absolute atomic E-state index is 0.101. The summed E-state index contributed by atoms with van der Waals surface area (Å²) < 4.78 is 6.00. The van der Waals surface area contributed by atoms with Gasteiger partial charge in [-0.1, -0.05) is 28.1 Å². The van der Waals surface area contributed by atoms with Gasteiger partial charge in [-0.05, 0) is 42.0 Å². The Morgan fingerprint density at radius 3 is 2.58 bits per heavy atom. The molecular weight excluding hydrogens is 398 g/mol. The van der Waals surface area contributed by atoms with Crippen molar-refractivity contribution in [3.05, 3.63) is 74.6 Å². The van der Waals surface area contributed by atoms with Gasteiger partial charge in [-0.25, -0.2) is 10.2 Å². The first-order valence-corrected chi connectivity index (χ1v) is 8.57. The summed E-state index contributed by atoms with van der Waals surface area (Å²) in [6, 6.07) is 14.3. The van der Waals surface area contributed by atoms with E-state index in [1.807, 2.05) is 43.3 Å². The third-order valence-corrected chi connectivity index (χ3v) is 4.22. The predicted molar refractivity (Wildman–Crippen MR) is 106 cm³/mol. The van der Waals surface area contributed by atoms with Crippen LogP contribution in [0, 0.1) is 0 Å². The molecule has 0 radical (unpaired) electrons. The van der Waals surface area contributed by atoms with Crippen molar-refractivity contribution in [1.29, 1.82) is 0 Å². The highest BCUT2D eigenvalue weighted by Crippen LogP contribution is 2.19. The van der Waals surface area contributed by atoms with Crippen LogP contribution in [-0.2, 0) is 0 Å². The third kappa shape index (κ3) is 4.00. The summed E-state index contributed by atoms with van der Waals surface area (Å²) in [5.41, 5.74) is 3.85. The summed E-state index contributed by atoms with van der Waals surface area (Å²) in [7, 11) is 3.91. The number of nitrogens with zero attached hydrogens (tertiary/aromatic N) is 2. The fourth-order valence-electron chi connectivity index (χ4n) is 2.34. The van der Waals surface area contributed by atoms with Crippen molar-refractivity contribution in [1.82, 2.24) is 5.43 Å². The lowest BCUT2D eigenvalue weighted by Crippen LogP contribution is -2.24. The zero-order valence-corrected chi connectivity index (χ0v) is 15.8. The smallest absolute Gasteiger partial charge is 0.349 e. The Bertz CT molecular complexity index is 1040. The summed E-state index contributed by atoms with van der Waals surface area (Å²) in [5, 5.41) is 4.55. The van der Waals surface area contributed by atoms with Crippen LogP contribution in [0.15, 0.2) is 67.3 Å². The van der Waals surface area contributed by atoms with Gasteiger partial charge in [0, 0.05) is 29.6 Å². The van der Waals surface area contributed by atoms with Crippen molar-refractivity contribution in [2.24, 2.45) is 5.10 Å². The Morgan fingerprint density at radius 2 is 1.88 bits per heavy atom. The van der Waals surface area contributed by atoms with Gasteiger partial charge < -0.3 is 9.32 Å². The Hall–Kier alpha value is -2.93. The summed E-state index contributed by atoms with van der Waals surface area (Å²) in [4.78, 5) is 26.2. The SMILES string of the molecule is CN(C)c1ccc(/C=N\NC(=O)c2cc3cc(Br)ccc3oc2=O)cc1. The van der Waals surface area contributed by atoms with Crippen molar-refractivity contribution in [2.75, 3.05) is 19.0 Å². The highest BCUT2D eigenvalue weighted by Gasteiger charge is 2.13. The average Bonchev–Trinajstić information content (AvgIpc) is 2.61. The van der Waals surface area contributed by atoms with Gasteiger partial charge in [0.2, 0.25) is 0 Å². The Labute approximate surface area is 158 Å². The quantitative estimate of drug-likeness (QED) is 0.404. The second-order valence-electron chi connectivity index (χ2n) is 5.81. The minimum atomic E-state index is -0.706. The van der Waals surface area contributed by atoms with E-state index in [-0.39, 0.29) is 5.56 Å². The molecule has 2 aromatic carbocycles. The van der Waals surface area contributed by atoms with Gasteiger partial charge in [0.15, 0.2) is 0 Å². The number of benzene rings is 2. The van der Waals surface area contributed by atoms with Crippen molar-refractivity contribution in [3.63, 3.8) is 0 Å². The van der Waals surface area contributed by atoms with Crippen molar-refractivity contribution < 1.29 is 9.21 Å². The molecule has 0 spiro atoms. The summed E-state index contributed by atoms with van der Waals surface area (Å²) in [6.07, 6.45) is 1.51. The number of halogens is 1. The fraction of sp³-hybridized carbons (Fsp3) is 0.105. The summed E-state index contributed by atoms with van der Waals surface area (Å²) >= 11 is 3.35. The molecule has 0 bridgehead atoms. The van der Waals surface area contributed by atoms with Crippen LogP contribution in [0.3, 0.4) is 0 Å². The number of hydrogen-bond donors (Lipinski definition) is 1. The lowest BCUT2D eigenvalue weighted by Gasteiger charge is -2.11. The Morgan fingerprint density at radius 1 is 1.15 bits per heavy atom. The number of fused-ring (bicyclic) bond motifs is 1. The number of hydrazone groups is 1. The van der Waals surface area contributed by atoms with E-state index in [1.54, 1.807) is 18.2 Å². The molecule has 1 N–H and O–H groups in total. The van der Waals surface area contributed by atoms with E-state index in [9.17, 15) is 9.59 Å². The van der Waals surface area contributed by atoms with Crippen LogP contribution in [0.1, 0.15) is 15.9 Å². The lowest BCUT2D eigenvalue weighted by molar-refractivity contribution is 0.0951. The van der Waals surface area contributed by atoms with Gasteiger partial charge in [0.05, 0.1) is 6.21 Å². The number of rotatable bonds is 4. The highest BCUT2D eigenvalue weighted by atomic mass is 79.9. The van der Waals surface area contributed by atoms with Gasteiger partial charge in [-0.3, -0.25) is 4.79 Å². The molecule has 0 atom stereocenters. The van der Waals surface area contributed by atoms with Crippen LogP contribution in [0.4, 0.5) is 5.69 Å². The third-order valence-electron chi connectivity index (χ3n) is 3.73. The molecule has 6 nitrogen and oxygen atoms in total. The molecule has 3 rings (SSSR count). The van der Waals surface area contributed by atoms with Crippen LogP contribution < -0.4 is 16.0 Å². The summed E-state index contributed by atoms with van der Waals surface area (Å²) in [6.45, 7) is 0. The molecule has 1 heterocycles. The molecule has 0 saturated carbocycles. The highest BCUT2D eigenvalue weighted by molar-refractivity contribution is 9.10. The first-order valence-electron chi connectivity index (χ1n) is 7.78. The summed E-state index contributed by atoms with van der Waals surface area (Å²) in [5.74, 6) is -0.623. The molecular formula is C19H16BrN3O3. The minimum Gasteiger partial charge on any atom is -0.422 e. The first kappa shape index (κ1) is 17.9. The standard InChI is InChI=1S/C19H16BrN3O3/c1-23(2)15-6-3-12(4-7-15)11-21-22-18(24)16-10-13-9-14(20)5-8-17(13)26-19(16)25/h3-11H,1-2H3,(H,22,24)/b21-11-. The molecule has 0 aliphatic heterocycles. The second-order valence-corrected chi connectivity index (χ2v) is 6.73. The zero-order chi connectivity index (χ0) is 18.7. The normalized spacial score (nSPS) is 11.0. The molecule has 0 fully saturated rings. The maximum absolute atomic E-state index is 12.2. The number of carbonyl (C=O) groups excluding carboxylic acids is 1. The van der Waals surface area contributed by atoms with E-state index in [0.717, 1.165) is 15.7 Å². The molecule has 1 amide bonds. The number of carbonyl (C=O) groups is 1. The van der Waals surface area contributed by atoms with Crippen LogP contribution in [-0.4, -0.2) is 26.2 Å². The lowest BCUT2D eigenvalue weighted by atomic mass is 10.2. The van der Waals surface area contributed by atoms with E-state index >= 15 is 0 Å². The van der Waals surface area contributed by atoms with Crippen LogP contribution in [0.2, 0.25) is 0 Å². The molecule has 0 aliphatic rings. The van der Waals surface area contributed by atoms with Gasteiger partial charge in [-0.15, -0.1) is 0 Å². The van der Waals surface area contributed by atoms with Crippen molar-refractivity contribution in [3.8, 4) is 0 Å². The maximum atomic E-state index is 12.2. The topological polar surface area (TPSA) is 74.9 Å². The maximum Gasteiger partial charge on any atom is 0.349 e. The monoisotopic (exact) mass is 413 g/mol. The van der Waals surface area contributed by atoms with E-state index in [0.29, 0.717) is 11.0 Å². The van der Waals surface area contributed by atoms with Crippen LogP contribution >= 0.6 is 15.9 Å². The van der Waals surface area contributed by atoms with E-state index in [2.05, 4.69) is 26.5 Å². The molecule has 0 unspecified atom stereocenters. The number of hydrogen-bond acceptors (Lipinski definition) is 5. The van der Waals surface area contributed by atoms with E-state index in [4.69, 9.17) is 4.42 Å². The molecule has 132 valence electrons.